The molecule has 0 aromatic heterocycles. The summed E-state index contributed by atoms with van der Waals surface area (Å²) in [6.45, 7) is 2.59. The number of unbranched alkanes of at least 4 members (excludes halogenated alkanes) is 9. The normalized spacial score (nSPS) is 9.71. The summed E-state index contributed by atoms with van der Waals surface area (Å²) in [5, 5.41) is 8.23. The predicted octanol–water partition coefficient (Wildman–Crippen LogP) is 3.95. The van der Waals surface area contributed by atoms with E-state index in [4.69, 9.17) is 5.11 Å². The van der Waals surface area contributed by atoms with Gasteiger partial charge in [-0.1, -0.05) is 64.7 Å². The summed E-state index contributed by atoms with van der Waals surface area (Å²) < 4.78 is 4.43. The van der Waals surface area contributed by atoms with Gasteiger partial charge in [0.25, 0.3) is 0 Å². The third-order valence-corrected chi connectivity index (χ3v) is 2.72. The van der Waals surface area contributed by atoms with Crippen molar-refractivity contribution in [2.75, 3.05) is 6.61 Å². The number of hydrogen-bond donors (Lipinski definition) is 1. The zero-order valence-electron chi connectivity index (χ0n) is 10.5. The molecule has 3 nitrogen and oxygen atoms in total. The number of carboxylic acid groups (broad SMARTS) is 1. The van der Waals surface area contributed by atoms with Crippen molar-refractivity contribution in [1.82, 2.24) is 0 Å². The summed E-state index contributed by atoms with van der Waals surface area (Å²) in [7, 11) is 0. The van der Waals surface area contributed by atoms with Gasteiger partial charge in [-0.3, -0.25) is 0 Å². The van der Waals surface area contributed by atoms with E-state index in [-0.39, 0.29) is 18.9 Å². The predicted molar refractivity (Wildman–Crippen MR) is 73.0 cm³/mol. The topological polar surface area (TPSA) is 46.5 Å². The van der Waals surface area contributed by atoms with Gasteiger partial charge in [-0.25, -0.2) is 4.79 Å². The Bertz CT molecular complexity index is 163. The van der Waals surface area contributed by atoms with E-state index in [1.165, 1.54) is 51.4 Å². The summed E-state index contributed by atoms with van der Waals surface area (Å²) in [4.78, 5) is 10.0. The van der Waals surface area contributed by atoms with Crippen LogP contribution in [0.3, 0.4) is 0 Å². The first kappa shape index (κ1) is 19.2. The van der Waals surface area contributed by atoms with Crippen molar-refractivity contribution in [1.29, 1.82) is 0 Å². The second-order valence-electron chi connectivity index (χ2n) is 4.30. The Labute approximate surface area is 117 Å². The van der Waals surface area contributed by atoms with E-state index in [9.17, 15) is 4.79 Å². The second kappa shape index (κ2) is 15.9. The van der Waals surface area contributed by atoms with Crippen molar-refractivity contribution in [2.24, 2.45) is 0 Å². The van der Waals surface area contributed by atoms with Crippen LogP contribution in [-0.4, -0.2) is 36.7 Å². The van der Waals surface area contributed by atoms with E-state index in [0.717, 1.165) is 12.8 Å². The van der Waals surface area contributed by atoms with Crippen LogP contribution >= 0.6 is 0 Å². The molecule has 0 unspecified atom stereocenters. The van der Waals surface area contributed by atoms with E-state index < -0.39 is 6.16 Å². The average Bonchev–Trinajstić information content (AvgIpc) is 2.25. The fourth-order valence-electron chi connectivity index (χ4n) is 1.75. The van der Waals surface area contributed by atoms with Gasteiger partial charge in [0.05, 0.1) is 6.61 Å². The first-order valence-electron chi connectivity index (χ1n) is 6.63. The number of rotatable bonds is 11. The summed E-state index contributed by atoms with van der Waals surface area (Å²) in [6, 6.07) is 0. The van der Waals surface area contributed by atoms with Crippen LogP contribution in [0, 0.1) is 0 Å². The number of ether oxygens (including phenoxy) is 1. The Morgan fingerprint density at radius 3 is 1.71 bits per heavy atom. The van der Waals surface area contributed by atoms with Gasteiger partial charge < -0.3 is 9.84 Å². The summed E-state index contributed by atoms with van der Waals surface area (Å²) in [6.07, 6.45) is 11.4. The number of hydrogen-bond acceptors (Lipinski definition) is 2. The van der Waals surface area contributed by atoms with Crippen LogP contribution in [0.5, 0.6) is 0 Å². The van der Waals surface area contributed by atoms with Gasteiger partial charge in [-0.05, 0) is 6.42 Å². The van der Waals surface area contributed by atoms with Crippen molar-refractivity contribution in [3.05, 3.63) is 0 Å². The molecule has 0 radical (unpaired) electrons. The molecule has 0 amide bonds. The molecule has 0 aliphatic carbocycles. The van der Waals surface area contributed by atoms with Gasteiger partial charge in [0.2, 0.25) is 0 Å². The maximum atomic E-state index is 10.0. The summed E-state index contributed by atoms with van der Waals surface area (Å²) >= 11 is 0. The monoisotopic (exact) mass is 238 g/mol. The zero-order valence-corrected chi connectivity index (χ0v) is 10.5. The van der Waals surface area contributed by atoms with Crippen LogP contribution < -0.4 is 0 Å². The third kappa shape index (κ3) is 18.4. The summed E-state index contributed by atoms with van der Waals surface area (Å²) in [5.41, 5.74) is 0. The minimum absolute atomic E-state index is 0. The van der Waals surface area contributed by atoms with E-state index >= 15 is 0 Å². The molecule has 4 heteroatoms. The van der Waals surface area contributed by atoms with Gasteiger partial charge in [0.15, 0.2) is 0 Å². The fraction of sp³-hybridized carbons (Fsp3) is 0.923. The van der Waals surface area contributed by atoms with Gasteiger partial charge in [-0.2, -0.15) is 0 Å². The minimum atomic E-state index is -1.16. The molecule has 0 heterocycles. The Morgan fingerprint density at radius 2 is 1.29 bits per heavy atom. The molecular formula is C13H27LiO3. The van der Waals surface area contributed by atoms with E-state index in [0.29, 0.717) is 6.61 Å². The molecule has 0 aromatic carbocycles. The summed E-state index contributed by atoms with van der Waals surface area (Å²) in [5.74, 6) is 0. The third-order valence-electron chi connectivity index (χ3n) is 2.72. The first-order valence-corrected chi connectivity index (χ1v) is 6.63. The molecule has 0 bridgehead atoms. The van der Waals surface area contributed by atoms with Crippen molar-refractivity contribution in [3.63, 3.8) is 0 Å². The van der Waals surface area contributed by atoms with Crippen molar-refractivity contribution >= 4 is 25.0 Å². The second-order valence-corrected chi connectivity index (χ2v) is 4.30. The molecule has 98 valence electrons. The van der Waals surface area contributed by atoms with Gasteiger partial charge >= 0.3 is 25.0 Å². The van der Waals surface area contributed by atoms with E-state index in [1.807, 2.05) is 0 Å². The van der Waals surface area contributed by atoms with Crippen molar-refractivity contribution in [3.8, 4) is 0 Å². The fourth-order valence-corrected chi connectivity index (χ4v) is 1.75. The molecule has 0 aliphatic rings. The Hall–Kier alpha value is -0.133. The molecule has 0 rings (SSSR count). The van der Waals surface area contributed by atoms with Gasteiger partial charge in [-0.15, -0.1) is 0 Å². The zero-order chi connectivity index (χ0) is 12.1. The van der Waals surface area contributed by atoms with Gasteiger partial charge in [0.1, 0.15) is 0 Å². The molecule has 17 heavy (non-hydrogen) atoms. The molecule has 0 saturated heterocycles. The van der Waals surface area contributed by atoms with Crippen molar-refractivity contribution in [2.45, 2.75) is 71.1 Å². The van der Waals surface area contributed by atoms with Crippen LogP contribution in [0.2, 0.25) is 0 Å². The van der Waals surface area contributed by atoms with Crippen LogP contribution in [0.1, 0.15) is 71.1 Å². The molecule has 0 spiro atoms. The molecule has 0 atom stereocenters. The SMILES string of the molecule is CCCCCCCCCCCCOC(=O)O.[LiH]. The van der Waals surface area contributed by atoms with E-state index in [2.05, 4.69) is 11.7 Å². The molecule has 0 saturated carbocycles. The van der Waals surface area contributed by atoms with Crippen molar-refractivity contribution < 1.29 is 14.6 Å². The van der Waals surface area contributed by atoms with Gasteiger partial charge in [0, 0.05) is 0 Å². The molecule has 1 N–H and O–H groups in total. The standard InChI is InChI=1S/C13H26O3.Li.H/c1-2-3-4-5-6-7-8-9-10-11-12-16-13(14)15;;/h2-12H2,1H3,(H,14,15);;. The number of carbonyl (C=O) groups is 1. The van der Waals surface area contributed by atoms with Crippen LogP contribution in [0.25, 0.3) is 0 Å². The van der Waals surface area contributed by atoms with E-state index in [1.54, 1.807) is 0 Å². The quantitative estimate of drug-likeness (QED) is 0.337. The Morgan fingerprint density at radius 1 is 0.882 bits per heavy atom. The maximum absolute atomic E-state index is 10.0. The molecular weight excluding hydrogens is 211 g/mol. The van der Waals surface area contributed by atoms with Crippen LogP contribution in [0.15, 0.2) is 0 Å². The molecule has 0 aromatic rings. The molecule has 0 aliphatic heterocycles. The first-order chi connectivity index (χ1) is 7.77. The molecule has 0 fully saturated rings. The van der Waals surface area contributed by atoms with Crippen LogP contribution in [0.4, 0.5) is 4.79 Å². The Kier molecular flexibility index (Phi) is 17.9. The Balaban J connectivity index is 0. The van der Waals surface area contributed by atoms with Crippen LogP contribution in [-0.2, 0) is 4.74 Å². The average molecular weight is 238 g/mol.